The summed E-state index contributed by atoms with van der Waals surface area (Å²) in [7, 11) is 0. The third-order valence-electron chi connectivity index (χ3n) is 3.75. The smallest absolute Gasteiger partial charge is 0.315 e. The van der Waals surface area contributed by atoms with Crippen molar-refractivity contribution in [2.75, 3.05) is 13.2 Å². The highest BCUT2D eigenvalue weighted by Crippen LogP contribution is 2.32. The van der Waals surface area contributed by atoms with Crippen molar-refractivity contribution in [2.45, 2.75) is 39.3 Å². The molecule has 5 nitrogen and oxygen atoms in total. The molecule has 0 fully saturated rings. The summed E-state index contributed by atoms with van der Waals surface area (Å²) in [6.07, 6.45) is 0.172. The van der Waals surface area contributed by atoms with E-state index in [9.17, 15) is 9.90 Å². The van der Waals surface area contributed by atoms with Gasteiger partial charge in [-0.1, -0.05) is 31.5 Å². The van der Waals surface area contributed by atoms with Crippen LogP contribution in [0.25, 0.3) is 0 Å². The van der Waals surface area contributed by atoms with E-state index in [1.165, 1.54) is 0 Å². The molecule has 3 N–H and O–H groups in total. The Hall–Kier alpha value is -1.75. The van der Waals surface area contributed by atoms with E-state index < -0.39 is 0 Å². The molecule has 0 saturated heterocycles. The lowest BCUT2D eigenvalue weighted by molar-refractivity contribution is 0.116. The largest absolute Gasteiger partial charge is 0.491 e. The lowest BCUT2D eigenvalue weighted by atomic mass is 10.0. The third-order valence-corrected chi connectivity index (χ3v) is 3.75. The minimum absolute atomic E-state index is 0.116. The third kappa shape index (κ3) is 4.11. The molecule has 0 aliphatic carbocycles. The van der Waals surface area contributed by atoms with Crippen LogP contribution in [0.1, 0.15) is 37.4 Å². The molecule has 2 atom stereocenters. The zero-order chi connectivity index (χ0) is 15.4. The molecule has 2 amide bonds. The first kappa shape index (κ1) is 15.6. The van der Waals surface area contributed by atoms with Gasteiger partial charge in [-0.05, 0) is 25.3 Å². The normalized spacial score (nSPS) is 18.0. The Balaban J connectivity index is 1.81. The highest BCUT2D eigenvalue weighted by molar-refractivity contribution is 5.74. The second-order valence-electron chi connectivity index (χ2n) is 5.91. The van der Waals surface area contributed by atoms with Crippen molar-refractivity contribution in [1.29, 1.82) is 0 Å². The van der Waals surface area contributed by atoms with Gasteiger partial charge in [0, 0.05) is 12.1 Å². The van der Waals surface area contributed by atoms with Crippen molar-refractivity contribution < 1.29 is 14.6 Å². The van der Waals surface area contributed by atoms with Crippen LogP contribution in [0.2, 0.25) is 0 Å². The van der Waals surface area contributed by atoms with Crippen molar-refractivity contribution in [2.24, 2.45) is 5.92 Å². The molecule has 1 aromatic carbocycles. The Morgan fingerprint density at radius 3 is 2.95 bits per heavy atom. The monoisotopic (exact) mass is 292 g/mol. The lowest BCUT2D eigenvalue weighted by Crippen LogP contribution is -2.39. The van der Waals surface area contributed by atoms with Gasteiger partial charge in [-0.2, -0.15) is 0 Å². The molecule has 0 spiro atoms. The van der Waals surface area contributed by atoms with E-state index in [1.807, 2.05) is 39.0 Å². The SMILES string of the molecule is Cc1ccc2c(c1)C(NC(=O)NCCC(O)C(C)C)CO2. The van der Waals surface area contributed by atoms with E-state index in [-0.39, 0.29) is 24.1 Å². The quantitative estimate of drug-likeness (QED) is 0.778. The number of aryl methyl sites for hydroxylation is 1. The maximum atomic E-state index is 11.9. The number of ether oxygens (including phenoxy) is 1. The van der Waals surface area contributed by atoms with Crippen LogP contribution in [0.5, 0.6) is 5.75 Å². The van der Waals surface area contributed by atoms with Crippen LogP contribution in [-0.2, 0) is 0 Å². The maximum absolute atomic E-state index is 11.9. The van der Waals surface area contributed by atoms with Gasteiger partial charge >= 0.3 is 6.03 Å². The second-order valence-corrected chi connectivity index (χ2v) is 5.91. The number of amides is 2. The fourth-order valence-corrected chi connectivity index (χ4v) is 2.33. The van der Waals surface area contributed by atoms with Crippen LogP contribution in [0.4, 0.5) is 4.79 Å². The van der Waals surface area contributed by atoms with Crippen LogP contribution in [0, 0.1) is 12.8 Å². The molecule has 0 bridgehead atoms. The van der Waals surface area contributed by atoms with Gasteiger partial charge in [0.25, 0.3) is 0 Å². The second kappa shape index (κ2) is 6.80. The van der Waals surface area contributed by atoms with Gasteiger partial charge < -0.3 is 20.5 Å². The fourth-order valence-electron chi connectivity index (χ4n) is 2.33. The Morgan fingerprint density at radius 1 is 1.48 bits per heavy atom. The van der Waals surface area contributed by atoms with E-state index in [0.717, 1.165) is 16.9 Å². The number of fused-ring (bicyclic) bond motifs is 1. The first-order chi connectivity index (χ1) is 9.97. The number of urea groups is 1. The number of carbonyl (C=O) groups excluding carboxylic acids is 1. The molecule has 0 radical (unpaired) electrons. The van der Waals surface area contributed by atoms with Gasteiger partial charge in [0.2, 0.25) is 0 Å². The first-order valence-corrected chi connectivity index (χ1v) is 7.43. The van der Waals surface area contributed by atoms with Crippen LogP contribution in [-0.4, -0.2) is 30.4 Å². The zero-order valence-corrected chi connectivity index (χ0v) is 12.8. The summed E-state index contributed by atoms with van der Waals surface area (Å²) in [5, 5.41) is 15.4. The Labute approximate surface area is 125 Å². The summed E-state index contributed by atoms with van der Waals surface area (Å²) in [6.45, 7) is 6.85. The van der Waals surface area contributed by atoms with Crippen molar-refractivity contribution >= 4 is 6.03 Å². The predicted molar refractivity (Wildman–Crippen MR) is 81.4 cm³/mol. The Kier molecular flexibility index (Phi) is 5.07. The number of hydrogen-bond donors (Lipinski definition) is 3. The summed E-state index contributed by atoms with van der Waals surface area (Å²) >= 11 is 0. The van der Waals surface area contributed by atoms with Crippen molar-refractivity contribution in [3.05, 3.63) is 29.3 Å². The van der Waals surface area contributed by atoms with E-state index in [0.29, 0.717) is 19.6 Å². The van der Waals surface area contributed by atoms with E-state index in [2.05, 4.69) is 10.6 Å². The van der Waals surface area contributed by atoms with Gasteiger partial charge in [-0.3, -0.25) is 0 Å². The Bertz CT molecular complexity index is 502. The zero-order valence-electron chi connectivity index (χ0n) is 12.8. The van der Waals surface area contributed by atoms with Gasteiger partial charge in [-0.15, -0.1) is 0 Å². The summed E-state index contributed by atoms with van der Waals surface area (Å²) < 4.78 is 5.56. The van der Waals surface area contributed by atoms with Crippen LogP contribution < -0.4 is 15.4 Å². The molecule has 2 unspecified atom stereocenters. The molecule has 0 aromatic heterocycles. The first-order valence-electron chi connectivity index (χ1n) is 7.43. The number of hydrogen-bond acceptors (Lipinski definition) is 3. The van der Waals surface area contributed by atoms with Gasteiger partial charge in [0.15, 0.2) is 0 Å². The van der Waals surface area contributed by atoms with Gasteiger partial charge in [0.1, 0.15) is 12.4 Å². The Morgan fingerprint density at radius 2 is 2.24 bits per heavy atom. The van der Waals surface area contributed by atoms with Crippen LogP contribution >= 0.6 is 0 Å². The highest BCUT2D eigenvalue weighted by atomic mass is 16.5. The molecule has 1 aromatic rings. The summed E-state index contributed by atoms with van der Waals surface area (Å²) in [6, 6.07) is 5.62. The van der Waals surface area contributed by atoms with Gasteiger partial charge in [-0.25, -0.2) is 4.79 Å². The average Bonchev–Trinajstić information content (AvgIpc) is 2.81. The number of rotatable bonds is 5. The molecule has 1 aliphatic heterocycles. The van der Waals surface area contributed by atoms with E-state index in [1.54, 1.807) is 0 Å². The minimum atomic E-state index is -0.386. The van der Waals surface area contributed by atoms with Crippen molar-refractivity contribution in [3.8, 4) is 5.75 Å². The predicted octanol–water partition coefficient (Wildman–Crippen LogP) is 2.13. The average molecular weight is 292 g/mol. The molecular formula is C16H24N2O3. The lowest BCUT2D eigenvalue weighted by Gasteiger charge is -2.16. The molecule has 2 rings (SSSR count). The molecule has 1 aliphatic rings. The number of carbonyl (C=O) groups is 1. The summed E-state index contributed by atoms with van der Waals surface area (Å²) in [5.41, 5.74) is 2.17. The highest BCUT2D eigenvalue weighted by Gasteiger charge is 2.25. The van der Waals surface area contributed by atoms with Crippen LogP contribution in [0.15, 0.2) is 18.2 Å². The van der Waals surface area contributed by atoms with E-state index in [4.69, 9.17) is 4.74 Å². The number of benzene rings is 1. The standard InChI is InChI=1S/C16H24N2O3/c1-10(2)14(19)6-7-17-16(20)18-13-9-21-15-5-4-11(3)8-12(13)15/h4-5,8,10,13-14,19H,6-7,9H2,1-3H3,(H2,17,18,20). The summed E-state index contributed by atoms with van der Waals surface area (Å²) in [4.78, 5) is 11.9. The van der Waals surface area contributed by atoms with Crippen LogP contribution in [0.3, 0.4) is 0 Å². The molecule has 5 heteroatoms. The van der Waals surface area contributed by atoms with Crippen molar-refractivity contribution in [1.82, 2.24) is 10.6 Å². The molecule has 116 valence electrons. The van der Waals surface area contributed by atoms with E-state index >= 15 is 0 Å². The van der Waals surface area contributed by atoms with Gasteiger partial charge in [0.05, 0.1) is 12.1 Å². The molecule has 21 heavy (non-hydrogen) atoms. The number of aliphatic hydroxyl groups is 1. The summed E-state index contributed by atoms with van der Waals surface area (Å²) in [5.74, 6) is 1.04. The maximum Gasteiger partial charge on any atom is 0.315 e. The molecule has 0 saturated carbocycles. The molecule has 1 heterocycles. The number of nitrogens with one attached hydrogen (secondary N) is 2. The number of aliphatic hydroxyl groups excluding tert-OH is 1. The minimum Gasteiger partial charge on any atom is -0.491 e. The fraction of sp³-hybridized carbons (Fsp3) is 0.562. The topological polar surface area (TPSA) is 70.6 Å². The van der Waals surface area contributed by atoms with Crippen molar-refractivity contribution in [3.63, 3.8) is 0 Å². The molecular weight excluding hydrogens is 268 g/mol.